The standard InChI is InChI=1S/C18H18O4/c1-21-18(20)22-17(12-3-2-6-13-19)16-11-7-9-14-8-4-5-10-15(14)16/h4-5,7-11,17,19H,2,6,13H2,1H3. The van der Waals surface area contributed by atoms with Crippen molar-refractivity contribution in [2.75, 3.05) is 13.7 Å². The van der Waals surface area contributed by atoms with E-state index in [1.807, 2.05) is 42.5 Å². The highest BCUT2D eigenvalue weighted by Crippen LogP contribution is 2.26. The van der Waals surface area contributed by atoms with Gasteiger partial charge in [-0.3, -0.25) is 0 Å². The van der Waals surface area contributed by atoms with Crippen molar-refractivity contribution in [1.29, 1.82) is 0 Å². The molecule has 22 heavy (non-hydrogen) atoms. The predicted octanol–water partition coefficient (Wildman–Crippen LogP) is 3.44. The van der Waals surface area contributed by atoms with E-state index in [1.54, 1.807) is 0 Å². The third kappa shape index (κ3) is 4.00. The summed E-state index contributed by atoms with van der Waals surface area (Å²) in [6, 6.07) is 13.6. The molecule has 2 rings (SSSR count). The van der Waals surface area contributed by atoms with Crippen LogP contribution in [0.3, 0.4) is 0 Å². The molecule has 0 amide bonds. The van der Waals surface area contributed by atoms with Crippen molar-refractivity contribution in [3.63, 3.8) is 0 Å². The Bertz CT molecular complexity index is 692. The van der Waals surface area contributed by atoms with Crippen LogP contribution in [0.4, 0.5) is 4.79 Å². The number of ether oxygens (including phenoxy) is 2. The molecule has 2 aromatic rings. The van der Waals surface area contributed by atoms with Crippen LogP contribution in [-0.2, 0) is 9.47 Å². The second-order valence-corrected chi connectivity index (χ2v) is 4.67. The summed E-state index contributed by atoms with van der Waals surface area (Å²) in [6.45, 7) is 0.0888. The highest BCUT2D eigenvalue weighted by molar-refractivity contribution is 5.86. The first-order valence-electron chi connectivity index (χ1n) is 7.07. The Labute approximate surface area is 129 Å². The zero-order valence-corrected chi connectivity index (χ0v) is 12.4. The van der Waals surface area contributed by atoms with Crippen LogP contribution in [0, 0.1) is 11.8 Å². The van der Waals surface area contributed by atoms with E-state index in [4.69, 9.17) is 9.84 Å². The van der Waals surface area contributed by atoms with Gasteiger partial charge in [0.05, 0.1) is 7.11 Å². The fourth-order valence-electron chi connectivity index (χ4n) is 2.13. The van der Waals surface area contributed by atoms with Gasteiger partial charge in [0.2, 0.25) is 0 Å². The Morgan fingerprint density at radius 1 is 1.23 bits per heavy atom. The number of fused-ring (bicyclic) bond motifs is 1. The molecule has 4 nitrogen and oxygen atoms in total. The van der Waals surface area contributed by atoms with Gasteiger partial charge in [-0.25, -0.2) is 4.79 Å². The number of aliphatic hydroxyl groups is 1. The number of methoxy groups -OCH3 is 1. The molecule has 0 aliphatic heterocycles. The highest BCUT2D eigenvalue weighted by Gasteiger charge is 2.17. The molecule has 0 fully saturated rings. The molecule has 0 bridgehead atoms. The molecule has 0 spiro atoms. The van der Waals surface area contributed by atoms with Gasteiger partial charge in [-0.2, -0.15) is 0 Å². The van der Waals surface area contributed by atoms with Crippen molar-refractivity contribution in [3.8, 4) is 11.8 Å². The Kier molecular flexibility index (Phi) is 5.81. The second-order valence-electron chi connectivity index (χ2n) is 4.67. The molecular weight excluding hydrogens is 280 g/mol. The fourth-order valence-corrected chi connectivity index (χ4v) is 2.13. The highest BCUT2D eigenvalue weighted by atomic mass is 16.7. The molecule has 4 heteroatoms. The van der Waals surface area contributed by atoms with Crippen LogP contribution in [0.25, 0.3) is 10.8 Å². The molecule has 0 saturated carbocycles. The van der Waals surface area contributed by atoms with Crippen molar-refractivity contribution in [2.24, 2.45) is 0 Å². The van der Waals surface area contributed by atoms with Gasteiger partial charge in [-0.15, -0.1) is 0 Å². The van der Waals surface area contributed by atoms with Crippen LogP contribution in [-0.4, -0.2) is 25.0 Å². The van der Waals surface area contributed by atoms with Gasteiger partial charge >= 0.3 is 6.16 Å². The Morgan fingerprint density at radius 3 is 2.77 bits per heavy atom. The van der Waals surface area contributed by atoms with E-state index < -0.39 is 12.3 Å². The maximum Gasteiger partial charge on any atom is 0.509 e. The fraction of sp³-hybridized carbons (Fsp3) is 0.278. The quantitative estimate of drug-likeness (QED) is 0.534. The summed E-state index contributed by atoms with van der Waals surface area (Å²) < 4.78 is 9.85. The van der Waals surface area contributed by atoms with Crippen LogP contribution in [0.1, 0.15) is 24.5 Å². The molecule has 114 valence electrons. The lowest BCUT2D eigenvalue weighted by Crippen LogP contribution is -2.10. The zero-order chi connectivity index (χ0) is 15.8. The van der Waals surface area contributed by atoms with Gasteiger partial charge in [0.1, 0.15) is 0 Å². The van der Waals surface area contributed by atoms with Gasteiger partial charge in [0, 0.05) is 18.6 Å². The molecule has 0 saturated heterocycles. The lowest BCUT2D eigenvalue weighted by atomic mass is 10.0. The summed E-state index contributed by atoms with van der Waals surface area (Å²) in [4.78, 5) is 11.5. The third-order valence-electron chi connectivity index (χ3n) is 3.18. The number of benzene rings is 2. The second kappa shape index (κ2) is 8.06. The summed E-state index contributed by atoms with van der Waals surface area (Å²) in [7, 11) is 1.27. The summed E-state index contributed by atoms with van der Waals surface area (Å²) in [6.07, 6.45) is -0.331. The lowest BCUT2D eigenvalue weighted by Gasteiger charge is -2.14. The smallest absolute Gasteiger partial charge is 0.438 e. The molecule has 0 radical (unpaired) electrons. The van der Waals surface area contributed by atoms with Crippen LogP contribution >= 0.6 is 0 Å². The van der Waals surface area contributed by atoms with E-state index in [0.717, 1.165) is 16.3 Å². The Hall–Kier alpha value is -2.51. The van der Waals surface area contributed by atoms with Crippen molar-refractivity contribution in [3.05, 3.63) is 48.0 Å². The monoisotopic (exact) mass is 298 g/mol. The van der Waals surface area contributed by atoms with Crippen LogP contribution in [0.15, 0.2) is 42.5 Å². The van der Waals surface area contributed by atoms with E-state index in [-0.39, 0.29) is 6.61 Å². The summed E-state index contributed by atoms with van der Waals surface area (Å²) in [5, 5.41) is 10.8. The van der Waals surface area contributed by atoms with Gasteiger partial charge in [-0.1, -0.05) is 54.3 Å². The number of hydrogen-bond donors (Lipinski definition) is 1. The van der Waals surface area contributed by atoms with E-state index in [2.05, 4.69) is 16.6 Å². The first-order valence-corrected chi connectivity index (χ1v) is 7.07. The van der Waals surface area contributed by atoms with Gasteiger partial charge in [0.25, 0.3) is 0 Å². The molecule has 1 unspecified atom stereocenters. The van der Waals surface area contributed by atoms with Crippen LogP contribution in [0.5, 0.6) is 0 Å². The average molecular weight is 298 g/mol. The number of carbonyl (C=O) groups is 1. The van der Waals surface area contributed by atoms with E-state index in [1.165, 1.54) is 7.11 Å². The van der Waals surface area contributed by atoms with Crippen LogP contribution < -0.4 is 0 Å². The van der Waals surface area contributed by atoms with Crippen molar-refractivity contribution in [1.82, 2.24) is 0 Å². The number of rotatable bonds is 4. The zero-order valence-electron chi connectivity index (χ0n) is 12.4. The molecule has 1 atom stereocenters. The van der Waals surface area contributed by atoms with E-state index in [0.29, 0.717) is 12.8 Å². The number of hydrogen-bond acceptors (Lipinski definition) is 4. The first-order chi connectivity index (χ1) is 10.8. The lowest BCUT2D eigenvalue weighted by molar-refractivity contribution is 0.0553. The number of unbranched alkanes of at least 4 members (excludes halogenated alkanes) is 1. The van der Waals surface area contributed by atoms with Gasteiger partial charge in [0.15, 0.2) is 6.10 Å². The minimum atomic E-state index is -0.769. The topological polar surface area (TPSA) is 55.8 Å². The minimum absolute atomic E-state index is 0.0888. The first kappa shape index (κ1) is 15.9. The summed E-state index contributed by atoms with van der Waals surface area (Å²) in [5.41, 5.74) is 0.819. The minimum Gasteiger partial charge on any atom is -0.438 e. The predicted molar refractivity (Wildman–Crippen MR) is 84.3 cm³/mol. The average Bonchev–Trinajstić information content (AvgIpc) is 2.57. The maximum absolute atomic E-state index is 11.5. The van der Waals surface area contributed by atoms with Crippen molar-refractivity contribution < 1.29 is 19.4 Å². The number of carbonyl (C=O) groups excluding carboxylic acids is 1. The number of aliphatic hydroxyl groups excluding tert-OH is 1. The largest absolute Gasteiger partial charge is 0.509 e. The molecule has 0 aliphatic carbocycles. The Morgan fingerprint density at radius 2 is 2.00 bits per heavy atom. The van der Waals surface area contributed by atoms with Crippen molar-refractivity contribution >= 4 is 16.9 Å². The van der Waals surface area contributed by atoms with Gasteiger partial charge in [-0.05, 0) is 17.2 Å². The summed E-state index contributed by atoms with van der Waals surface area (Å²) in [5.74, 6) is 5.88. The molecule has 1 N–H and O–H groups in total. The summed E-state index contributed by atoms with van der Waals surface area (Å²) >= 11 is 0. The van der Waals surface area contributed by atoms with Crippen molar-refractivity contribution in [2.45, 2.75) is 18.9 Å². The molecule has 0 aliphatic rings. The molecular formula is C18H18O4. The molecule has 2 aromatic carbocycles. The van der Waals surface area contributed by atoms with Gasteiger partial charge < -0.3 is 14.6 Å². The van der Waals surface area contributed by atoms with Crippen LogP contribution in [0.2, 0.25) is 0 Å². The molecule has 0 heterocycles. The van der Waals surface area contributed by atoms with E-state index >= 15 is 0 Å². The normalized spacial score (nSPS) is 11.4. The van der Waals surface area contributed by atoms with E-state index in [9.17, 15) is 4.79 Å². The SMILES string of the molecule is COC(=O)OC(C#CCCCO)c1cccc2ccccc12. The Balaban J connectivity index is 2.36. The maximum atomic E-state index is 11.5. The third-order valence-corrected chi connectivity index (χ3v) is 3.18. The molecule has 0 aromatic heterocycles.